The van der Waals surface area contributed by atoms with Crippen molar-refractivity contribution >= 4 is 26.8 Å². The molecular weight excluding hydrogens is 360 g/mol. The van der Waals surface area contributed by atoms with E-state index in [1.165, 1.54) is 22.0 Å². The number of likely N-dealkylation sites (tertiary alicyclic amines) is 1. The molecule has 1 saturated heterocycles. The van der Waals surface area contributed by atoms with Crippen molar-refractivity contribution in [2.75, 3.05) is 13.6 Å². The number of fused-ring (bicyclic) bond motifs is 5. The minimum atomic E-state index is 0.547. The SMILES string of the molecule is Cc1c2n(c3ccccc13)CC1C(c3ccc(Br)cc3)CN(C)C21. The van der Waals surface area contributed by atoms with Crippen LogP contribution in [0.5, 0.6) is 0 Å². The first-order valence-corrected chi connectivity index (χ1v) is 9.48. The predicted molar refractivity (Wildman–Crippen MR) is 102 cm³/mol. The van der Waals surface area contributed by atoms with Crippen LogP contribution in [0.3, 0.4) is 0 Å². The molecule has 0 saturated carbocycles. The second kappa shape index (κ2) is 5.21. The Hall–Kier alpha value is -1.58. The van der Waals surface area contributed by atoms with Gasteiger partial charge in [0.2, 0.25) is 0 Å². The number of benzene rings is 2. The lowest BCUT2D eigenvalue weighted by Gasteiger charge is -2.19. The van der Waals surface area contributed by atoms with Crippen molar-refractivity contribution in [1.29, 1.82) is 0 Å². The van der Waals surface area contributed by atoms with Gasteiger partial charge in [0.15, 0.2) is 0 Å². The van der Waals surface area contributed by atoms with Gasteiger partial charge in [0, 0.05) is 46.0 Å². The molecule has 3 atom stereocenters. The summed E-state index contributed by atoms with van der Waals surface area (Å²) in [7, 11) is 2.29. The third-order valence-corrected chi connectivity index (χ3v) is 6.66. The Labute approximate surface area is 151 Å². The van der Waals surface area contributed by atoms with Crippen LogP contribution in [0.15, 0.2) is 53.0 Å². The zero-order chi connectivity index (χ0) is 16.4. The van der Waals surface area contributed by atoms with Gasteiger partial charge in [-0.1, -0.05) is 46.3 Å². The van der Waals surface area contributed by atoms with Crippen LogP contribution >= 0.6 is 15.9 Å². The van der Waals surface area contributed by atoms with Crippen molar-refractivity contribution in [2.24, 2.45) is 5.92 Å². The van der Waals surface area contributed by atoms with Crippen LogP contribution in [0.4, 0.5) is 0 Å². The van der Waals surface area contributed by atoms with E-state index >= 15 is 0 Å². The molecule has 5 rings (SSSR count). The molecule has 3 heterocycles. The molecule has 0 aliphatic carbocycles. The summed E-state index contributed by atoms with van der Waals surface area (Å²) in [5.74, 6) is 1.29. The Balaban J connectivity index is 1.62. The first kappa shape index (κ1) is 14.7. The molecule has 0 N–H and O–H groups in total. The number of hydrogen-bond donors (Lipinski definition) is 0. The third-order valence-electron chi connectivity index (χ3n) is 6.13. The molecule has 3 heteroatoms. The Bertz CT molecular complexity index is 925. The Kier molecular flexibility index (Phi) is 3.20. The summed E-state index contributed by atoms with van der Waals surface area (Å²) in [5, 5.41) is 1.42. The summed E-state index contributed by atoms with van der Waals surface area (Å²) in [6, 6.07) is 18.4. The van der Waals surface area contributed by atoms with Gasteiger partial charge in [0.1, 0.15) is 0 Å². The molecule has 3 aromatic rings. The van der Waals surface area contributed by atoms with Gasteiger partial charge in [-0.2, -0.15) is 0 Å². The minimum absolute atomic E-state index is 0.547. The number of para-hydroxylation sites is 1. The normalized spacial score (nSPS) is 26.0. The van der Waals surface area contributed by atoms with Gasteiger partial charge in [-0.3, -0.25) is 4.90 Å². The van der Waals surface area contributed by atoms with Gasteiger partial charge in [0.05, 0.1) is 6.04 Å². The quantitative estimate of drug-likeness (QED) is 0.569. The molecule has 0 amide bonds. The smallest absolute Gasteiger partial charge is 0.0552 e. The lowest BCUT2D eigenvalue weighted by molar-refractivity contribution is 0.292. The summed E-state index contributed by atoms with van der Waals surface area (Å²) in [4.78, 5) is 2.57. The van der Waals surface area contributed by atoms with Gasteiger partial charge in [-0.05, 0) is 43.3 Å². The molecule has 0 radical (unpaired) electrons. The molecule has 2 nitrogen and oxygen atoms in total. The van der Waals surface area contributed by atoms with E-state index in [1.54, 1.807) is 5.69 Å². The van der Waals surface area contributed by atoms with Crippen molar-refractivity contribution in [2.45, 2.75) is 25.4 Å². The van der Waals surface area contributed by atoms with E-state index in [2.05, 4.69) is 87.9 Å². The third kappa shape index (κ3) is 1.91. The molecule has 24 heavy (non-hydrogen) atoms. The van der Waals surface area contributed by atoms with Gasteiger partial charge in [-0.25, -0.2) is 0 Å². The van der Waals surface area contributed by atoms with E-state index < -0.39 is 0 Å². The van der Waals surface area contributed by atoms with Crippen LogP contribution in [0.1, 0.15) is 28.8 Å². The maximum Gasteiger partial charge on any atom is 0.0552 e. The molecular formula is C21H21BrN2. The predicted octanol–water partition coefficient (Wildman–Crippen LogP) is 5.11. The van der Waals surface area contributed by atoms with Gasteiger partial charge in [-0.15, -0.1) is 0 Å². The highest BCUT2D eigenvalue weighted by Crippen LogP contribution is 2.52. The fourth-order valence-corrected chi connectivity index (χ4v) is 5.36. The van der Waals surface area contributed by atoms with Gasteiger partial charge < -0.3 is 4.57 Å². The van der Waals surface area contributed by atoms with Crippen molar-refractivity contribution in [3.05, 3.63) is 69.8 Å². The maximum absolute atomic E-state index is 3.56. The number of hydrogen-bond acceptors (Lipinski definition) is 1. The monoisotopic (exact) mass is 380 g/mol. The number of nitrogens with zero attached hydrogens (tertiary/aromatic N) is 2. The number of aryl methyl sites for hydroxylation is 1. The van der Waals surface area contributed by atoms with Crippen molar-refractivity contribution in [3.63, 3.8) is 0 Å². The second-order valence-electron chi connectivity index (χ2n) is 7.34. The summed E-state index contributed by atoms with van der Waals surface area (Å²) in [6.45, 7) is 4.59. The number of halogens is 1. The topological polar surface area (TPSA) is 8.17 Å². The van der Waals surface area contributed by atoms with Crippen LogP contribution in [0.2, 0.25) is 0 Å². The van der Waals surface area contributed by atoms with E-state index in [-0.39, 0.29) is 0 Å². The van der Waals surface area contributed by atoms with Crippen LogP contribution in [0, 0.1) is 12.8 Å². The van der Waals surface area contributed by atoms with Crippen molar-refractivity contribution in [1.82, 2.24) is 9.47 Å². The highest BCUT2D eigenvalue weighted by Gasteiger charge is 2.47. The Morgan fingerprint density at radius 1 is 1.00 bits per heavy atom. The second-order valence-corrected chi connectivity index (χ2v) is 8.26. The molecule has 2 aromatic carbocycles. The molecule has 1 aromatic heterocycles. The molecule has 2 aliphatic heterocycles. The molecule has 2 aliphatic rings. The van der Waals surface area contributed by atoms with Crippen molar-refractivity contribution in [3.8, 4) is 0 Å². The zero-order valence-corrected chi connectivity index (χ0v) is 15.6. The highest BCUT2D eigenvalue weighted by atomic mass is 79.9. The van der Waals surface area contributed by atoms with Gasteiger partial charge >= 0.3 is 0 Å². The minimum Gasteiger partial charge on any atom is -0.342 e. The van der Waals surface area contributed by atoms with E-state index in [4.69, 9.17) is 0 Å². The van der Waals surface area contributed by atoms with E-state index in [0.29, 0.717) is 17.9 Å². The fourth-order valence-electron chi connectivity index (χ4n) is 5.09. The van der Waals surface area contributed by atoms with E-state index in [1.807, 2.05) is 0 Å². The number of rotatable bonds is 1. The fraction of sp³-hybridized carbons (Fsp3) is 0.333. The molecule has 0 spiro atoms. The van der Waals surface area contributed by atoms with Crippen LogP contribution in [0.25, 0.3) is 10.9 Å². The van der Waals surface area contributed by atoms with Gasteiger partial charge in [0.25, 0.3) is 0 Å². The number of aromatic nitrogens is 1. The summed E-state index contributed by atoms with van der Waals surface area (Å²) in [5.41, 5.74) is 5.90. The maximum atomic E-state index is 3.56. The standard InChI is InChI=1S/C21H21BrN2/c1-13-16-5-3-4-6-19(16)24-12-18-17(11-23(2)21(18)20(13)24)14-7-9-15(22)10-8-14/h3-10,17-18,21H,11-12H2,1-2H3. The summed E-state index contributed by atoms with van der Waals surface area (Å²) in [6.07, 6.45) is 0. The lowest BCUT2D eigenvalue weighted by Crippen LogP contribution is -2.19. The Morgan fingerprint density at radius 3 is 2.54 bits per heavy atom. The summed E-state index contributed by atoms with van der Waals surface area (Å²) >= 11 is 3.56. The van der Waals surface area contributed by atoms with E-state index in [0.717, 1.165) is 17.6 Å². The Morgan fingerprint density at radius 2 is 1.75 bits per heavy atom. The highest BCUT2D eigenvalue weighted by molar-refractivity contribution is 9.10. The average Bonchev–Trinajstić information content (AvgIpc) is 3.20. The summed E-state index contributed by atoms with van der Waals surface area (Å²) < 4.78 is 3.75. The first-order valence-electron chi connectivity index (χ1n) is 8.68. The average molecular weight is 381 g/mol. The molecule has 1 fully saturated rings. The van der Waals surface area contributed by atoms with Crippen LogP contribution in [-0.2, 0) is 6.54 Å². The van der Waals surface area contributed by atoms with Crippen LogP contribution in [-0.4, -0.2) is 23.1 Å². The zero-order valence-electron chi connectivity index (χ0n) is 14.0. The molecule has 3 unspecified atom stereocenters. The lowest BCUT2D eigenvalue weighted by atomic mass is 9.85. The van der Waals surface area contributed by atoms with Crippen LogP contribution < -0.4 is 0 Å². The first-order chi connectivity index (χ1) is 11.6. The molecule has 0 bridgehead atoms. The molecule has 122 valence electrons. The largest absolute Gasteiger partial charge is 0.342 e. The van der Waals surface area contributed by atoms with Crippen molar-refractivity contribution < 1.29 is 0 Å². The number of likely N-dealkylation sites (N-methyl/N-ethyl adjacent to an activating group) is 1. The van der Waals surface area contributed by atoms with E-state index in [9.17, 15) is 0 Å².